The Morgan fingerprint density at radius 2 is 0.935 bits per heavy atom. The van der Waals surface area contributed by atoms with Crippen LogP contribution >= 0.6 is 23.2 Å². The van der Waals surface area contributed by atoms with Crippen molar-refractivity contribution in [3.8, 4) is 0 Å². The van der Waals surface area contributed by atoms with E-state index >= 15 is 0 Å². The number of carbonyl (C=O) groups excluding carboxylic acids is 1. The number of nitrogens with one attached hydrogen (secondary N) is 1. The van der Waals surface area contributed by atoms with E-state index in [1.165, 1.54) is 0 Å². The highest BCUT2D eigenvalue weighted by Crippen LogP contribution is 2.45. The first-order chi connectivity index (χ1) is 15.1. The summed E-state index contributed by atoms with van der Waals surface area (Å²) in [6.07, 6.45) is 0. The highest BCUT2D eigenvalue weighted by molar-refractivity contribution is 6.54. The molecule has 4 aromatic rings. The number of hydrogen-bond acceptors (Lipinski definition) is 1. The molecule has 0 saturated carbocycles. The Hall–Kier alpha value is -3.07. The number of amides is 1. The summed E-state index contributed by atoms with van der Waals surface area (Å²) in [6.45, 7) is 0. The van der Waals surface area contributed by atoms with Gasteiger partial charge < -0.3 is 5.32 Å². The van der Waals surface area contributed by atoms with Gasteiger partial charge in [-0.1, -0.05) is 126 Å². The normalized spacial score (nSPS) is 11.3. The van der Waals surface area contributed by atoms with Gasteiger partial charge in [-0.05, 0) is 34.4 Å². The van der Waals surface area contributed by atoms with Crippen LogP contribution in [0.2, 0.25) is 0 Å². The standard InChI is InChI=1S/C27H21Cl2NO/c28-25(29)26(31)30-24-18-16-23(17-19-24)27(20-10-4-1-5-11-20,21-12-6-2-7-13-21)22-14-8-3-9-15-22/h1-19,25H,(H,30,31). The molecule has 4 rings (SSSR count). The van der Waals surface area contributed by atoms with E-state index in [9.17, 15) is 4.79 Å². The fourth-order valence-electron chi connectivity index (χ4n) is 4.06. The van der Waals surface area contributed by atoms with Crippen molar-refractivity contribution in [1.82, 2.24) is 0 Å². The van der Waals surface area contributed by atoms with Crippen LogP contribution in [0.4, 0.5) is 5.69 Å². The molecule has 0 heterocycles. The molecule has 0 unspecified atom stereocenters. The third kappa shape index (κ3) is 4.23. The summed E-state index contributed by atoms with van der Waals surface area (Å²) in [6, 6.07) is 39.2. The lowest BCUT2D eigenvalue weighted by molar-refractivity contribution is -0.114. The van der Waals surface area contributed by atoms with Crippen molar-refractivity contribution in [2.45, 2.75) is 10.3 Å². The Balaban J connectivity index is 1.94. The van der Waals surface area contributed by atoms with Crippen LogP contribution in [0.25, 0.3) is 0 Å². The molecule has 0 saturated heterocycles. The Morgan fingerprint density at radius 3 is 1.29 bits per heavy atom. The van der Waals surface area contributed by atoms with Crippen LogP contribution in [-0.4, -0.2) is 10.7 Å². The highest BCUT2D eigenvalue weighted by atomic mass is 35.5. The third-order valence-electron chi connectivity index (χ3n) is 5.40. The maximum atomic E-state index is 11.9. The van der Waals surface area contributed by atoms with Crippen molar-refractivity contribution in [1.29, 1.82) is 0 Å². The van der Waals surface area contributed by atoms with Crippen LogP contribution < -0.4 is 5.32 Å². The lowest BCUT2D eigenvalue weighted by atomic mass is 9.65. The summed E-state index contributed by atoms with van der Waals surface area (Å²) in [4.78, 5) is 10.8. The molecule has 0 aliphatic rings. The maximum Gasteiger partial charge on any atom is 0.257 e. The summed E-state index contributed by atoms with van der Waals surface area (Å²) < 4.78 is 0. The van der Waals surface area contributed by atoms with Gasteiger partial charge in [-0.3, -0.25) is 4.79 Å². The molecule has 154 valence electrons. The molecule has 1 N–H and O–H groups in total. The van der Waals surface area contributed by atoms with E-state index in [2.05, 4.69) is 78.1 Å². The van der Waals surface area contributed by atoms with Gasteiger partial charge in [-0.15, -0.1) is 0 Å². The SMILES string of the molecule is O=C(Nc1ccc(C(c2ccccc2)(c2ccccc2)c2ccccc2)cc1)C(Cl)Cl. The molecule has 0 aliphatic heterocycles. The maximum absolute atomic E-state index is 11.9. The zero-order valence-corrected chi connectivity index (χ0v) is 18.2. The number of alkyl halides is 2. The van der Waals surface area contributed by atoms with E-state index < -0.39 is 16.2 Å². The van der Waals surface area contributed by atoms with Crippen LogP contribution in [0, 0.1) is 0 Å². The Morgan fingerprint density at radius 1 is 0.581 bits per heavy atom. The second-order valence-corrected chi connectivity index (χ2v) is 8.31. The minimum Gasteiger partial charge on any atom is -0.324 e. The number of rotatable bonds is 6. The number of halogens is 2. The summed E-state index contributed by atoms with van der Waals surface area (Å²) in [5.41, 5.74) is 4.68. The van der Waals surface area contributed by atoms with Gasteiger partial charge in [0.1, 0.15) is 0 Å². The van der Waals surface area contributed by atoms with Gasteiger partial charge in [0, 0.05) is 5.69 Å². The summed E-state index contributed by atoms with van der Waals surface area (Å²) in [5, 5.41) is 2.74. The Kier molecular flexibility index (Phi) is 6.41. The number of hydrogen-bond donors (Lipinski definition) is 1. The zero-order valence-electron chi connectivity index (χ0n) is 16.7. The molecule has 0 fully saturated rings. The molecule has 0 aliphatic carbocycles. The minimum absolute atomic E-state index is 0.448. The van der Waals surface area contributed by atoms with Crippen LogP contribution in [0.1, 0.15) is 22.3 Å². The summed E-state index contributed by atoms with van der Waals surface area (Å²) >= 11 is 11.4. The highest BCUT2D eigenvalue weighted by Gasteiger charge is 2.38. The van der Waals surface area contributed by atoms with Gasteiger partial charge in [0.2, 0.25) is 0 Å². The molecule has 2 nitrogen and oxygen atoms in total. The van der Waals surface area contributed by atoms with Crippen molar-refractivity contribution in [3.05, 3.63) is 138 Å². The molecule has 0 bridgehead atoms. The third-order valence-corrected chi connectivity index (χ3v) is 5.80. The van der Waals surface area contributed by atoms with Crippen LogP contribution in [0.3, 0.4) is 0 Å². The summed E-state index contributed by atoms with van der Waals surface area (Å²) in [5.74, 6) is -0.448. The van der Waals surface area contributed by atoms with Crippen molar-refractivity contribution in [2.24, 2.45) is 0 Å². The molecule has 31 heavy (non-hydrogen) atoms. The smallest absolute Gasteiger partial charge is 0.257 e. The second kappa shape index (κ2) is 9.38. The molecule has 4 aromatic carbocycles. The average Bonchev–Trinajstić information content (AvgIpc) is 2.83. The predicted octanol–water partition coefficient (Wildman–Crippen LogP) is 6.81. The molecule has 4 heteroatoms. The number of anilines is 1. The van der Waals surface area contributed by atoms with Gasteiger partial charge >= 0.3 is 0 Å². The van der Waals surface area contributed by atoms with Crippen LogP contribution in [-0.2, 0) is 10.2 Å². The first-order valence-electron chi connectivity index (χ1n) is 9.98. The lowest BCUT2D eigenvalue weighted by Gasteiger charge is -2.37. The van der Waals surface area contributed by atoms with Crippen molar-refractivity contribution < 1.29 is 4.79 Å². The summed E-state index contributed by atoms with van der Waals surface area (Å²) in [7, 11) is 0. The fourth-order valence-corrected chi connectivity index (χ4v) is 4.17. The van der Waals surface area contributed by atoms with Gasteiger partial charge in [-0.2, -0.15) is 0 Å². The Bertz CT molecular complexity index is 1030. The van der Waals surface area contributed by atoms with Crippen molar-refractivity contribution in [3.63, 3.8) is 0 Å². The van der Waals surface area contributed by atoms with E-state index in [4.69, 9.17) is 23.2 Å². The molecular weight excluding hydrogens is 425 g/mol. The fraction of sp³-hybridized carbons (Fsp3) is 0.0741. The second-order valence-electron chi connectivity index (χ2n) is 7.22. The molecule has 0 spiro atoms. The topological polar surface area (TPSA) is 29.1 Å². The van der Waals surface area contributed by atoms with Gasteiger partial charge in [-0.25, -0.2) is 0 Å². The number of carbonyl (C=O) groups is 1. The molecule has 0 aromatic heterocycles. The van der Waals surface area contributed by atoms with Gasteiger partial charge in [0.15, 0.2) is 4.84 Å². The first kappa shape index (κ1) is 21.2. The van der Waals surface area contributed by atoms with Crippen LogP contribution in [0.15, 0.2) is 115 Å². The minimum atomic E-state index is -1.11. The van der Waals surface area contributed by atoms with E-state index in [0.29, 0.717) is 5.69 Å². The molecule has 0 radical (unpaired) electrons. The largest absolute Gasteiger partial charge is 0.324 e. The lowest BCUT2D eigenvalue weighted by Crippen LogP contribution is -2.31. The quantitative estimate of drug-likeness (QED) is 0.256. The molecular formula is C27H21Cl2NO. The zero-order chi connectivity index (χ0) is 21.7. The van der Waals surface area contributed by atoms with E-state index in [-0.39, 0.29) is 0 Å². The van der Waals surface area contributed by atoms with E-state index in [0.717, 1.165) is 22.3 Å². The predicted molar refractivity (Wildman–Crippen MR) is 129 cm³/mol. The van der Waals surface area contributed by atoms with Crippen molar-refractivity contribution >= 4 is 34.8 Å². The average molecular weight is 446 g/mol. The van der Waals surface area contributed by atoms with Crippen LogP contribution in [0.5, 0.6) is 0 Å². The van der Waals surface area contributed by atoms with Gasteiger partial charge in [0.25, 0.3) is 5.91 Å². The van der Waals surface area contributed by atoms with Gasteiger partial charge in [0.05, 0.1) is 5.41 Å². The molecule has 1 amide bonds. The van der Waals surface area contributed by atoms with E-state index in [1.807, 2.05) is 42.5 Å². The van der Waals surface area contributed by atoms with E-state index in [1.54, 1.807) is 0 Å². The number of benzene rings is 4. The Labute approximate surface area is 192 Å². The molecule has 0 atom stereocenters. The van der Waals surface area contributed by atoms with Crippen molar-refractivity contribution in [2.75, 3.05) is 5.32 Å². The monoisotopic (exact) mass is 445 g/mol. The first-order valence-corrected chi connectivity index (χ1v) is 10.9.